The van der Waals surface area contributed by atoms with Crippen LogP contribution < -0.4 is 0 Å². The Bertz CT molecular complexity index is 213. The first-order chi connectivity index (χ1) is 7.11. The Morgan fingerprint density at radius 3 is 2.40 bits per heavy atom. The second kappa shape index (κ2) is 5.53. The van der Waals surface area contributed by atoms with Crippen molar-refractivity contribution in [3.8, 4) is 0 Å². The van der Waals surface area contributed by atoms with Gasteiger partial charge >= 0.3 is 5.97 Å². The van der Waals surface area contributed by atoms with Gasteiger partial charge < -0.3 is 5.11 Å². The van der Waals surface area contributed by atoms with Crippen LogP contribution in [-0.4, -0.2) is 11.1 Å². The summed E-state index contributed by atoms with van der Waals surface area (Å²) in [6.45, 7) is 4.11. The van der Waals surface area contributed by atoms with Crippen LogP contribution in [-0.2, 0) is 4.79 Å². The number of unbranched alkanes of at least 4 members (excludes halogenated alkanes) is 5. The second-order valence-electron chi connectivity index (χ2n) is 5.18. The SMILES string of the molecule is CCCCCCCCC1CC1(C)C(=O)O. The zero-order valence-corrected chi connectivity index (χ0v) is 10.1. The molecule has 2 nitrogen and oxygen atoms in total. The molecule has 1 N–H and O–H groups in total. The van der Waals surface area contributed by atoms with Gasteiger partial charge in [0.05, 0.1) is 5.41 Å². The first-order valence-electron chi connectivity index (χ1n) is 6.34. The predicted molar refractivity (Wildman–Crippen MR) is 61.8 cm³/mol. The van der Waals surface area contributed by atoms with Gasteiger partial charge in [-0.15, -0.1) is 0 Å². The molecular formula is C13H24O2. The Morgan fingerprint density at radius 1 is 1.27 bits per heavy atom. The molecule has 0 aromatic carbocycles. The topological polar surface area (TPSA) is 37.3 Å². The van der Waals surface area contributed by atoms with Crippen LogP contribution in [0.4, 0.5) is 0 Å². The van der Waals surface area contributed by atoms with E-state index in [0.717, 1.165) is 12.8 Å². The van der Waals surface area contributed by atoms with Crippen LogP contribution in [0.2, 0.25) is 0 Å². The van der Waals surface area contributed by atoms with Crippen LogP contribution in [0.3, 0.4) is 0 Å². The molecule has 1 rings (SSSR count). The van der Waals surface area contributed by atoms with E-state index < -0.39 is 5.97 Å². The highest BCUT2D eigenvalue weighted by atomic mass is 16.4. The molecule has 0 amide bonds. The summed E-state index contributed by atoms with van der Waals surface area (Å²) in [4.78, 5) is 10.9. The highest BCUT2D eigenvalue weighted by Crippen LogP contribution is 2.54. The minimum Gasteiger partial charge on any atom is -0.481 e. The molecular weight excluding hydrogens is 188 g/mol. The van der Waals surface area contributed by atoms with Crippen molar-refractivity contribution in [3.05, 3.63) is 0 Å². The predicted octanol–water partition coefficient (Wildman–Crippen LogP) is 3.85. The minimum atomic E-state index is -0.599. The number of aliphatic carboxylic acids is 1. The average molecular weight is 212 g/mol. The lowest BCUT2D eigenvalue weighted by Crippen LogP contribution is -2.12. The number of carboxylic acids is 1. The number of hydrogen-bond donors (Lipinski definition) is 1. The van der Waals surface area contributed by atoms with E-state index in [9.17, 15) is 4.79 Å². The number of hydrogen-bond acceptors (Lipinski definition) is 1. The van der Waals surface area contributed by atoms with Gasteiger partial charge in [-0.05, 0) is 25.7 Å². The molecule has 1 fully saturated rings. The molecule has 15 heavy (non-hydrogen) atoms. The third-order valence-electron chi connectivity index (χ3n) is 3.81. The zero-order valence-electron chi connectivity index (χ0n) is 10.1. The van der Waals surface area contributed by atoms with Crippen molar-refractivity contribution in [2.24, 2.45) is 11.3 Å². The molecule has 2 unspecified atom stereocenters. The third-order valence-corrected chi connectivity index (χ3v) is 3.81. The van der Waals surface area contributed by atoms with Gasteiger partial charge in [0, 0.05) is 0 Å². The van der Waals surface area contributed by atoms with Gasteiger partial charge in [-0.25, -0.2) is 0 Å². The van der Waals surface area contributed by atoms with Crippen LogP contribution in [0, 0.1) is 11.3 Å². The summed E-state index contributed by atoms with van der Waals surface area (Å²) in [5, 5.41) is 8.96. The lowest BCUT2D eigenvalue weighted by Gasteiger charge is -2.04. The van der Waals surface area contributed by atoms with E-state index in [4.69, 9.17) is 5.11 Å². The maximum Gasteiger partial charge on any atom is 0.309 e. The summed E-state index contributed by atoms with van der Waals surface area (Å²) in [6.07, 6.45) is 9.83. The van der Waals surface area contributed by atoms with Crippen molar-refractivity contribution in [2.45, 2.75) is 65.2 Å². The number of rotatable bonds is 8. The Kier molecular flexibility index (Phi) is 4.62. The summed E-state index contributed by atoms with van der Waals surface area (Å²) >= 11 is 0. The van der Waals surface area contributed by atoms with Crippen molar-refractivity contribution in [3.63, 3.8) is 0 Å². The van der Waals surface area contributed by atoms with Crippen molar-refractivity contribution in [1.82, 2.24) is 0 Å². The zero-order chi connectivity index (χ0) is 11.3. The fourth-order valence-electron chi connectivity index (χ4n) is 2.31. The monoisotopic (exact) mass is 212 g/mol. The van der Waals surface area contributed by atoms with E-state index in [1.807, 2.05) is 6.92 Å². The maximum atomic E-state index is 10.9. The highest BCUT2D eigenvalue weighted by Gasteiger charge is 2.55. The van der Waals surface area contributed by atoms with Crippen LogP contribution in [0.1, 0.15) is 65.2 Å². The second-order valence-corrected chi connectivity index (χ2v) is 5.18. The Hall–Kier alpha value is -0.530. The molecule has 0 radical (unpaired) electrons. The summed E-state index contributed by atoms with van der Waals surface area (Å²) in [6, 6.07) is 0. The first-order valence-corrected chi connectivity index (χ1v) is 6.34. The Morgan fingerprint density at radius 2 is 1.87 bits per heavy atom. The van der Waals surface area contributed by atoms with E-state index in [2.05, 4.69) is 6.92 Å². The normalized spacial score (nSPS) is 29.1. The van der Waals surface area contributed by atoms with Gasteiger partial charge in [-0.1, -0.05) is 45.4 Å². The minimum absolute atomic E-state index is 0.372. The quantitative estimate of drug-likeness (QED) is 0.620. The molecule has 0 aromatic heterocycles. The molecule has 2 heteroatoms. The van der Waals surface area contributed by atoms with Gasteiger partial charge in [0.25, 0.3) is 0 Å². The lowest BCUT2D eigenvalue weighted by molar-refractivity contribution is -0.143. The van der Waals surface area contributed by atoms with Crippen LogP contribution >= 0.6 is 0 Å². The molecule has 1 aliphatic rings. The van der Waals surface area contributed by atoms with E-state index in [0.29, 0.717) is 5.92 Å². The highest BCUT2D eigenvalue weighted by molar-refractivity contribution is 5.77. The van der Waals surface area contributed by atoms with Gasteiger partial charge in [-0.2, -0.15) is 0 Å². The Balaban J connectivity index is 1.97. The Labute approximate surface area is 93.1 Å². The molecule has 1 saturated carbocycles. The molecule has 0 heterocycles. The van der Waals surface area contributed by atoms with Crippen LogP contribution in [0.25, 0.3) is 0 Å². The van der Waals surface area contributed by atoms with Crippen molar-refractivity contribution in [1.29, 1.82) is 0 Å². The van der Waals surface area contributed by atoms with E-state index in [-0.39, 0.29) is 5.41 Å². The third kappa shape index (κ3) is 3.51. The first kappa shape index (κ1) is 12.5. The fraction of sp³-hybridized carbons (Fsp3) is 0.923. The summed E-state index contributed by atoms with van der Waals surface area (Å²) in [7, 11) is 0. The van der Waals surface area contributed by atoms with Gasteiger partial charge in [0.15, 0.2) is 0 Å². The number of carbonyl (C=O) groups is 1. The smallest absolute Gasteiger partial charge is 0.309 e. The van der Waals surface area contributed by atoms with E-state index in [1.54, 1.807) is 0 Å². The number of carboxylic acid groups (broad SMARTS) is 1. The molecule has 0 saturated heterocycles. The maximum absolute atomic E-state index is 10.9. The average Bonchev–Trinajstić information content (AvgIpc) is 2.85. The van der Waals surface area contributed by atoms with Crippen molar-refractivity contribution >= 4 is 5.97 Å². The molecule has 88 valence electrons. The molecule has 0 spiro atoms. The summed E-state index contributed by atoms with van der Waals surface area (Å²) < 4.78 is 0. The van der Waals surface area contributed by atoms with E-state index in [1.165, 1.54) is 38.5 Å². The fourth-order valence-corrected chi connectivity index (χ4v) is 2.31. The van der Waals surface area contributed by atoms with Gasteiger partial charge in [-0.3, -0.25) is 4.79 Å². The van der Waals surface area contributed by atoms with E-state index >= 15 is 0 Å². The lowest BCUT2D eigenvalue weighted by atomic mass is 10.0. The molecule has 0 aliphatic heterocycles. The van der Waals surface area contributed by atoms with Gasteiger partial charge in [0.1, 0.15) is 0 Å². The van der Waals surface area contributed by atoms with Gasteiger partial charge in [0.2, 0.25) is 0 Å². The molecule has 0 aromatic rings. The van der Waals surface area contributed by atoms with Crippen LogP contribution in [0.5, 0.6) is 0 Å². The summed E-state index contributed by atoms with van der Waals surface area (Å²) in [5.41, 5.74) is -0.372. The largest absolute Gasteiger partial charge is 0.481 e. The van der Waals surface area contributed by atoms with Crippen molar-refractivity contribution < 1.29 is 9.90 Å². The molecule has 0 bridgehead atoms. The van der Waals surface area contributed by atoms with Crippen LogP contribution in [0.15, 0.2) is 0 Å². The standard InChI is InChI=1S/C13H24O2/c1-3-4-5-6-7-8-9-11-10-13(11,2)12(14)15/h11H,3-10H2,1-2H3,(H,14,15). The van der Waals surface area contributed by atoms with Crippen molar-refractivity contribution in [2.75, 3.05) is 0 Å². The summed E-state index contributed by atoms with van der Waals surface area (Å²) in [5.74, 6) is -0.139. The molecule has 2 atom stereocenters. The molecule has 1 aliphatic carbocycles.